The Labute approximate surface area is 171 Å². The molecule has 6 heteroatoms. The van der Waals surface area contributed by atoms with Crippen LogP contribution in [0.5, 0.6) is 0 Å². The summed E-state index contributed by atoms with van der Waals surface area (Å²) in [5, 5.41) is 5.19. The van der Waals surface area contributed by atoms with Gasteiger partial charge in [0.15, 0.2) is 0 Å². The Hall–Kier alpha value is -4.19. The second kappa shape index (κ2) is 7.33. The summed E-state index contributed by atoms with van der Waals surface area (Å²) in [7, 11) is 0. The number of aromatic nitrogens is 2. The molecule has 1 amide bonds. The number of carbonyl (C=O) groups excluding carboxylic acids is 1. The van der Waals surface area contributed by atoms with Crippen molar-refractivity contribution >= 4 is 27.9 Å². The van der Waals surface area contributed by atoms with Crippen LogP contribution in [0.3, 0.4) is 0 Å². The third-order valence-corrected chi connectivity index (χ3v) is 4.87. The fourth-order valence-electron chi connectivity index (χ4n) is 3.27. The summed E-state index contributed by atoms with van der Waals surface area (Å²) in [5.41, 5.74) is 7.56. The molecule has 2 N–H and O–H groups in total. The molecule has 0 atom stereocenters. The number of aromatic amines is 1. The quantitative estimate of drug-likeness (QED) is 0.441. The molecule has 0 aliphatic carbocycles. The Balaban J connectivity index is 1.62. The van der Waals surface area contributed by atoms with Crippen molar-refractivity contribution in [3.63, 3.8) is 0 Å². The predicted octanol–water partition coefficient (Wildman–Crippen LogP) is 4.53. The molecule has 0 saturated heterocycles. The van der Waals surface area contributed by atoms with Crippen LogP contribution in [0.15, 0.2) is 88.4 Å². The van der Waals surface area contributed by atoms with Gasteiger partial charge in [0.1, 0.15) is 11.4 Å². The molecule has 2 aromatic heterocycles. The summed E-state index contributed by atoms with van der Waals surface area (Å²) >= 11 is 0. The summed E-state index contributed by atoms with van der Waals surface area (Å²) in [6, 6.07) is 24.7. The van der Waals surface area contributed by atoms with E-state index in [4.69, 9.17) is 4.42 Å². The molecule has 0 saturated carbocycles. The van der Waals surface area contributed by atoms with Crippen molar-refractivity contribution in [2.24, 2.45) is 5.10 Å². The molecular weight excluding hydrogens is 376 g/mol. The third-order valence-electron chi connectivity index (χ3n) is 4.87. The molecule has 5 aromatic rings. The van der Waals surface area contributed by atoms with Crippen molar-refractivity contribution in [3.05, 3.63) is 95.5 Å². The van der Waals surface area contributed by atoms with Crippen molar-refractivity contribution in [1.82, 2.24) is 15.4 Å². The van der Waals surface area contributed by atoms with Gasteiger partial charge in [-0.2, -0.15) is 0 Å². The van der Waals surface area contributed by atoms with E-state index in [0.717, 1.165) is 22.0 Å². The summed E-state index contributed by atoms with van der Waals surface area (Å²) in [4.78, 5) is 20.5. The maximum absolute atomic E-state index is 12.5. The lowest BCUT2D eigenvalue weighted by molar-refractivity contribution is 0.0951. The molecule has 0 spiro atoms. The Morgan fingerprint density at radius 2 is 1.77 bits per heavy atom. The molecular formula is C24H18N4O2. The van der Waals surface area contributed by atoms with Gasteiger partial charge in [-0.1, -0.05) is 48.0 Å². The second-order valence-electron chi connectivity index (χ2n) is 7.02. The zero-order valence-electron chi connectivity index (χ0n) is 16.2. The standard InChI is InChI=1S/C24H18N4O2/c1-15-10-12-16(13-11-15)23(29)27-28-24-18(14-17-6-2-5-9-21(17)30-24)22-25-19-7-3-4-8-20(19)26-22/h2-14H,1H3,(H,25,26)(H,27,29)/b28-24-. The van der Waals surface area contributed by atoms with Crippen LogP contribution in [0.2, 0.25) is 0 Å². The van der Waals surface area contributed by atoms with Crippen molar-refractivity contribution in [2.45, 2.75) is 6.92 Å². The minimum atomic E-state index is -0.311. The van der Waals surface area contributed by atoms with Crippen molar-refractivity contribution in [3.8, 4) is 11.4 Å². The van der Waals surface area contributed by atoms with Gasteiger partial charge < -0.3 is 9.40 Å². The van der Waals surface area contributed by atoms with Gasteiger partial charge in [-0.05, 0) is 43.3 Å². The number of amides is 1. The van der Waals surface area contributed by atoms with Crippen LogP contribution in [0.4, 0.5) is 0 Å². The fourth-order valence-corrected chi connectivity index (χ4v) is 3.27. The average molecular weight is 394 g/mol. The highest BCUT2D eigenvalue weighted by Crippen LogP contribution is 2.21. The van der Waals surface area contributed by atoms with Gasteiger partial charge in [0, 0.05) is 10.9 Å². The maximum atomic E-state index is 12.5. The largest absolute Gasteiger partial charge is 0.436 e. The van der Waals surface area contributed by atoms with E-state index in [1.807, 2.05) is 73.7 Å². The molecule has 6 nitrogen and oxygen atoms in total. The number of carbonyl (C=O) groups is 1. The second-order valence-corrected chi connectivity index (χ2v) is 7.02. The van der Waals surface area contributed by atoms with Gasteiger partial charge in [-0.3, -0.25) is 4.79 Å². The van der Waals surface area contributed by atoms with E-state index in [1.54, 1.807) is 12.1 Å². The first-order valence-corrected chi connectivity index (χ1v) is 9.56. The maximum Gasteiger partial charge on any atom is 0.271 e. The lowest BCUT2D eigenvalue weighted by Gasteiger charge is -2.04. The molecule has 0 aliphatic heterocycles. The van der Waals surface area contributed by atoms with Crippen LogP contribution in [-0.4, -0.2) is 15.9 Å². The Bertz CT molecular complexity index is 1410. The van der Waals surface area contributed by atoms with E-state index in [2.05, 4.69) is 20.5 Å². The summed E-state index contributed by atoms with van der Waals surface area (Å²) in [6.45, 7) is 1.97. The predicted molar refractivity (Wildman–Crippen MR) is 116 cm³/mol. The number of para-hydroxylation sites is 3. The van der Waals surface area contributed by atoms with Crippen LogP contribution < -0.4 is 11.0 Å². The molecule has 0 aliphatic rings. The average Bonchev–Trinajstić information content (AvgIpc) is 3.21. The monoisotopic (exact) mass is 394 g/mol. The first-order valence-electron chi connectivity index (χ1n) is 9.56. The summed E-state index contributed by atoms with van der Waals surface area (Å²) < 4.78 is 6.01. The number of benzene rings is 3. The highest BCUT2D eigenvalue weighted by atomic mass is 16.3. The molecule has 0 unspecified atom stereocenters. The topological polar surface area (TPSA) is 83.3 Å². The molecule has 5 rings (SSSR count). The van der Waals surface area contributed by atoms with E-state index in [9.17, 15) is 4.79 Å². The Morgan fingerprint density at radius 3 is 2.60 bits per heavy atom. The molecule has 146 valence electrons. The molecule has 0 bridgehead atoms. The van der Waals surface area contributed by atoms with Gasteiger partial charge in [-0.25, -0.2) is 10.4 Å². The van der Waals surface area contributed by atoms with Gasteiger partial charge in [0.2, 0.25) is 5.55 Å². The number of nitrogens with zero attached hydrogens (tertiary/aromatic N) is 2. The van der Waals surface area contributed by atoms with Crippen LogP contribution in [-0.2, 0) is 0 Å². The van der Waals surface area contributed by atoms with Crippen molar-refractivity contribution in [1.29, 1.82) is 0 Å². The van der Waals surface area contributed by atoms with E-state index in [-0.39, 0.29) is 11.5 Å². The number of hydrogen-bond donors (Lipinski definition) is 2. The lowest BCUT2D eigenvalue weighted by atomic mass is 10.1. The SMILES string of the molecule is Cc1ccc(C(=O)N/N=c2\oc3ccccc3cc2-c2nc3ccccc3[nH]2)cc1. The summed E-state index contributed by atoms with van der Waals surface area (Å²) in [5.74, 6) is 0.308. The first-order chi connectivity index (χ1) is 14.7. The van der Waals surface area contributed by atoms with Gasteiger partial charge in [0.05, 0.1) is 16.6 Å². The number of H-pyrrole nitrogens is 1. The van der Waals surface area contributed by atoms with E-state index in [1.165, 1.54) is 0 Å². The van der Waals surface area contributed by atoms with E-state index in [0.29, 0.717) is 22.5 Å². The van der Waals surface area contributed by atoms with Crippen LogP contribution in [0, 0.1) is 6.92 Å². The highest BCUT2D eigenvalue weighted by Gasteiger charge is 2.12. The molecule has 3 aromatic carbocycles. The Morgan fingerprint density at radius 1 is 1.00 bits per heavy atom. The zero-order chi connectivity index (χ0) is 20.5. The van der Waals surface area contributed by atoms with Gasteiger partial charge >= 0.3 is 0 Å². The van der Waals surface area contributed by atoms with Gasteiger partial charge in [0.25, 0.3) is 5.91 Å². The third kappa shape index (κ3) is 3.35. The van der Waals surface area contributed by atoms with E-state index < -0.39 is 0 Å². The number of hydrogen-bond acceptors (Lipinski definition) is 4. The van der Waals surface area contributed by atoms with Crippen LogP contribution in [0.25, 0.3) is 33.4 Å². The highest BCUT2D eigenvalue weighted by molar-refractivity contribution is 5.94. The number of imidazole rings is 1. The molecule has 2 heterocycles. The fraction of sp³-hybridized carbons (Fsp3) is 0.0417. The van der Waals surface area contributed by atoms with Crippen molar-refractivity contribution < 1.29 is 9.21 Å². The molecule has 0 fully saturated rings. The number of fused-ring (bicyclic) bond motifs is 2. The Kier molecular flexibility index (Phi) is 4.37. The minimum Gasteiger partial charge on any atom is -0.436 e. The normalized spacial score (nSPS) is 11.8. The van der Waals surface area contributed by atoms with Crippen LogP contribution in [0.1, 0.15) is 15.9 Å². The summed E-state index contributed by atoms with van der Waals surface area (Å²) in [6.07, 6.45) is 0. The number of nitrogens with one attached hydrogen (secondary N) is 2. The van der Waals surface area contributed by atoms with Crippen molar-refractivity contribution in [2.75, 3.05) is 0 Å². The van der Waals surface area contributed by atoms with E-state index >= 15 is 0 Å². The van der Waals surface area contributed by atoms with Gasteiger partial charge in [-0.15, -0.1) is 5.10 Å². The minimum absolute atomic E-state index is 0.271. The number of rotatable bonds is 3. The van der Waals surface area contributed by atoms with Crippen LogP contribution >= 0.6 is 0 Å². The number of aryl methyl sites for hydroxylation is 1. The molecule has 0 radical (unpaired) electrons. The first kappa shape index (κ1) is 17.9. The zero-order valence-corrected chi connectivity index (χ0v) is 16.2. The smallest absolute Gasteiger partial charge is 0.271 e. The lowest BCUT2D eigenvalue weighted by Crippen LogP contribution is -2.22. The molecule has 30 heavy (non-hydrogen) atoms.